The summed E-state index contributed by atoms with van der Waals surface area (Å²) in [6, 6.07) is 0. The molecule has 0 aliphatic heterocycles. The minimum Gasteiger partial charge on any atom is -0.464 e. The molecular weight excluding hydrogens is 180 g/mol. The Morgan fingerprint density at radius 1 is 1.57 bits per heavy atom. The summed E-state index contributed by atoms with van der Waals surface area (Å²) in [5.41, 5.74) is -1.20. The fraction of sp³-hybridized carbons (Fsp3) is 0.909. The summed E-state index contributed by atoms with van der Waals surface area (Å²) >= 11 is 0. The molecule has 1 rings (SSSR count). The summed E-state index contributed by atoms with van der Waals surface area (Å²) in [5, 5.41) is 10.1. The van der Waals surface area contributed by atoms with Gasteiger partial charge in [-0.25, -0.2) is 4.79 Å². The van der Waals surface area contributed by atoms with Gasteiger partial charge in [-0.2, -0.15) is 0 Å². The van der Waals surface area contributed by atoms with E-state index in [4.69, 9.17) is 4.74 Å². The molecule has 0 aromatic rings. The number of esters is 1. The molecule has 2 unspecified atom stereocenters. The molecule has 1 aliphatic carbocycles. The van der Waals surface area contributed by atoms with Crippen molar-refractivity contribution in [3.05, 3.63) is 0 Å². The summed E-state index contributed by atoms with van der Waals surface area (Å²) in [6.07, 6.45) is 4.21. The third-order valence-corrected chi connectivity index (χ3v) is 3.06. The molecule has 14 heavy (non-hydrogen) atoms. The monoisotopic (exact) mass is 200 g/mol. The molecule has 3 nitrogen and oxygen atoms in total. The van der Waals surface area contributed by atoms with Gasteiger partial charge in [-0.1, -0.05) is 19.8 Å². The normalized spacial score (nSPS) is 32.6. The molecule has 0 radical (unpaired) electrons. The number of hydrogen-bond donors (Lipinski definition) is 1. The van der Waals surface area contributed by atoms with Gasteiger partial charge in [-0.3, -0.25) is 0 Å². The molecule has 1 fully saturated rings. The quantitative estimate of drug-likeness (QED) is 0.707. The van der Waals surface area contributed by atoms with Crippen LogP contribution in [0.25, 0.3) is 0 Å². The minimum atomic E-state index is -1.20. The number of aliphatic hydroxyl groups is 1. The molecule has 0 saturated heterocycles. The fourth-order valence-corrected chi connectivity index (χ4v) is 2.16. The van der Waals surface area contributed by atoms with Crippen molar-refractivity contribution in [1.82, 2.24) is 0 Å². The van der Waals surface area contributed by atoms with Crippen LogP contribution < -0.4 is 0 Å². The maximum Gasteiger partial charge on any atom is 0.338 e. The Bertz CT molecular complexity index is 203. The molecule has 2 atom stereocenters. The maximum absolute atomic E-state index is 11.5. The van der Waals surface area contributed by atoms with Crippen molar-refractivity contribution in [3.8, 4) is 0 Å². The van der Waals surface area contributed by atoms with Crippen molar-refractivity contribution in [1.29, 1.82) is 0 Å². The number of carbonyl (C=O) groups is 1. The topological polar surface area (TPSA) is 46.5 Å². The van der Waals surface area contributed by atoms with E-state index in [1.54, 1.807) is 6.92 Å². The molecule has 1 saturated carbocycles. The average molecular weight is 200 g/mol. The maximum atomic E-state index is 11.5. The first-order chi connectivity index (χ1) is 6.62. The summed E-state index contributed by atoms with van der Waals surface area (Å²) < 4.78 is 4.89. The zero-order chi connectivity index (χ0) is 10.6. The number of hydrogen-bond acceptors (Lipinski definition) is 3. The van der Waals surface area contributed by atoms with Crippen LogP contribution in [-0.4, -0.2) is 23.3 Å². The van der Waals surface area contributed by atoms with E-state index in [0.717, 1.165) is 19.3 Å². The predicted molar refractivity (Wildman–Crippen MR) is 53.8 cm³/mol. The zero-order valence-electron chi connectivity index (χ0n) is 9.08. The van der Waals surface area contributed by atoms with Crippen LogP contribution in [0.1, 0.15) is 46.0 Å². The van der Waals surface area contributed by atoms with Crippen molar-refractivity contribution >= 4 is 5.97 Å². The first-order valence-corrected chi connectivity index (χ1v) is 5.52. The van der Waals surface area contributed by atoms with E-state index in [1.807, 2.05) is 0 Å². The molecule has 1 aliphatic rings. The van der Waals surface area contributed by atoms with Crippen LogP contribution in [0.5, 0.6) is 0 Å². The Hall–Kier alpha value is -0.570. The van der Waals surface area contributed by atoms with Crippen LogP contribution in [0.2, 0.25) is 0 Å². The molecule has 3 heteroatoms. The molecular formula is C11H20O3. The predicted octanol–water partition coefficient (Wildman–Crippen LogP) is 1.88. The molecule has 1 N–H and O–H groups in total. The molecule has 0 amide bonds. The lowest BCUT2D eigenvalue weighted by Crippen LogP contribution is -2.44. The van der Waals surface area contributed by atoms with Gasteiger partial charge in [0, 0.05) is 0 Å². The highest BCUT2D eigenvalue weighted by molar-refractivity contribution is 5.79. The van der Waals surface area contributed by atoms with Gasteiger partial charge < -0.3 is 9.84 Å². The second kappa shape index (κ2) is 4.78. The lowest BCUT2D eigenvalue weighted by Gasteiger charge is -2.34. The smallest absolute Gasteiger partial charge is 0.338 e. The van der Waals surface area contributed by atoms with Gasteiger partial charge in [0.2, 0.25) is 0 Å². The van der Waals surface area contributed by atoms with E-state index in [0.29, 0.717) is 25.4 Å². The number of carbonyl (C=O) groups excluding carboxylic acids is 1. The van der Waals surface area contributed by atoms with Crippen molar-refractivity contribution < 1.29 is 14.6 Å². The van der Waals surface area contributed by atoms with Crippen LogP contribution in [0, 0.1) is 5.92 Å². The molecule has 0 aromatic heterocycles. The summed E-state index contributed by atoms with van der Waals surface area (Å²) in [5.74, 6) is 0.0382. The van der Waals surface area contributed by atoms with Crippen molar-refractivity contribution in [2.24, 2.45) is 5.92 Å². The molecule has 82 valence electrons. The van der Waals surface area contributed by atoms with Crippen LogP contribution >= 0.6 is 0 Å². The van der Waals surface area contributed by atoms with Gasteiger partial charge in [0.05, 0.1) is 6.61 Å². The summed E-state index contributed by atoms with van der Waals surface area (Å²) in [4.78, 5) is 11.5. The zero-order valence-corrected chi connectivity index (χ0v) is 9.08. The lowest BCUT2D eigenvalue weighted by molar-refractivity contribution is -0.170. The van der Waals surface area contributed by atoms with E-state index >= 15 is 0 Å². The first-order valence-electron chi connectivity index (χ1n) is 5.52. The van der Waals surface area contributed by atoms with Gasteiger partial charge in [0.15, 0.2) is 5.60 Å². The lowest BCUT2D eigenvalue weighted by atomic mass is 9.77. The second-order valence-corrected chi connectivity index (χ2v) is 4.12. The van der Waals surface area contributed by atoms with Crippen molar-refractivity contribution in [3.63, 3.8) is 0 Å². The Kier molecular flexibility index (Phi) is 3.93. The van der Waals surface area contributed by atoms with E-state index in [9.17, 15) is 9.90 Å². The van der Waals surface area contributed by atoms with Gasteiger partial charge in [-0.15, -0.1) is 0 Å². The van der Waals surface area contributed by atoms with E-state index in [2.05, 4.69) is 6.92 Å². The summed E-state index contributed by atoms with van der Waals surface area (Å²) in [6.45, 7) is 4.21. The summed E-state index contributed by atoms with van der Waals surface area (Å²) in [7, 11) is 0. The Labute approximate surface area is 85.5 Å². The Morgan fingerprint density at radius 3 is 2.86 bits per heavy atom. The van der Waals surface area contributed by atoms with Crippen LogP contribution in [0.15, 0.2) is 0 Å². The molecule has 0 spiro atoms. The van der Waals surface area contributed by atoms with Gasteiger partial charge in [-0.05, 0) is 32.1 Å². The highest BCUT2D eigenvalue weighted by Gasteiger charge is 2.41. The Balaban J connectivity index is 2.58. The largest absolute Gasteiger partial charge is 0.464 e. The number of rotatable bonds is 3. The van der Waals surface area contributed by atoms with Crippen LogP contribution in [-0.2, 0) is 9.53 Å². The van der Waals surface area contributed by atoms with Gasteiger partial charge in [0.25, 0.3) is 0 Å². The molecule has 0 aromatic carbocycles. The van der Waals surface area contributed by atoms with E-state index in [-0.39, 0.29) is 0 Å². The standard InChI is InChI=1S/C11H20O3/c1-3-9-6-5-7-11(13,8-9)10(12)14-4-2/h9,13H,3-8H2,1-2H3. The molecule has 0 bridgehead atoms. The minimum absolute atomic E-state index is 0.345. The highest BCUT2D eigenvalue weighted by Crippen LogP contribution is 2.34. The third kappa shape index (κ3) is 2.47. The SMILES string of the molecule is CCOC(=O)C1(O)CCCC(CC)C1. The van der Waals surface area contributed by atoms with Crippen molar-refractivity contribution in [2.45, 2.75) is 51.6 Å². The third-order valence-electron chi connectivity index (χ3n) is 3.06. The number of ether oxygens (including phenoxy) is 1. The van der Waals surface area contributed by atoms with Crippen LogP contribution in [0.4, 0.5) is 0 Å². The highest BCUT2D eigenvalue weighted by atomic mass is 16.5. The Morgan fingerprint density at radius 2 is 2.29 bits per heavy atom. The van der Waals surface area contributed by atoms with Crippen molar-refractivity contribution in [2.75, 3.05) is 6.61 Å². The molecule has 0 heterocycles. The van der Waals surface area contributed by atoms with Crippen LogP contribution in [0.3, 0.4) is 0 Å². The first kappa shape index (κ1) is 11.5. The second-order valence-electron chi connectivity index (χ2n) is 4.12. The average Bonchev–Trinajstić information content (AvgIpc) is 2.18. The van der Waals surface area contributed by atoms with E-state index < -0.39 is 11.6 Å². The fourth-order valence-electron chi connectivity index (χ4n) is 2.16. The van der Waals surface area contributed by atoms with Gasteiger partial charge >= 0.3 is 5.97 Å². The van der Waals surface area contributed by atoms with Gasteiger partial charge in [0.1, 0.15) is 0 Å². The van der Waals surface area contributed by atoms with E-state index in [1.165, 1.54) is 0 Å².